The van der Waals surface area contributed by atoms with E-state index in [9.17, 15) is 26.4 Å². The second-order valence-electron chi connectivity index (χ2n) is 6.71. The predicted octanol–water partition coefficient (Wildman–Crippen LogP) is 1.68. The number of carbonyl (C=O) groups excluding carboxylic acids is 1. The number of nitrogens with zero attached hydrogens (tertiary/aromatic N) is 1. The number of rotatable bonds is 8. The molecule has 148 valence electrons. The van der Waals surface area contributed by atoms with Crippen LogP contribution in [0.1, 0.15) is 25.3 Å². The second-order valence-corrected chi connectivity index (χ2v) is 8.82. The van der Waals surface area contributed by atoms with E-state index in [1.807, 2.05) is 11.4 Å². The first-order chi connectivity index (χ1) is 12.5. The molecule has 1 amide bonds. The van der Waals surface area contributed by atoms with Crippen molar-refractivity contribution in [2.45, 2.75) is 49.3 Å². The maximum absolute atomic E-state index is 12.9. The zero-order valence-electron chi connectivity index (χ0n) is 14.6. The van der Waals surface area contributed by atoms with E-state index >= 15 is 0 Å². The molecule has 0 saturated heterocycles. The van der Waals surface area contributed by atoms with Crippen LogP contribution >= 0.6 is 0 Å². The maximum atomic E-state index is 12.9. The smallest absolute Gasteiger partial charge is 0.336 e. The molecule has 27 heavy (non-hydrogen) atoms. The van der Waals surface area contributed by atoms with E-state index in [1.165, 1.54) is 0 Å². The number of hydrogen-bond donors (Lipinski definition) is 2. The Morgan fingerprint density at radius 1 is 1.30 bits per heavy atom. The van der Waals surface area contributed by atoms with Gasteiger partial charge in [-0.15, -0.1) is 0 Å². The summed E-state index contributed by atoms with van der Waals surface area (Å²) in [4.78, 5) is 12.4. The lowest BCUT2D eigenvalue weighted by Gasteiger charge is -2.25. The summed E-state index contributed by atoms with van der Waals surface area (Å²) in [6.45, 7) is 0.807. The second kappa shape index (κ2) is 7.86. The van der Waals surface area contributed by atoms with Gasteiger partial charge < -0.3 is 5.32 Å². The molecule has 6 nitrogen and oxygen atoms in total. The average molecular weight is 403 g/mol. The Labute approximate surface area is 155 Å². The number of carbonyl (C=O) groups is 1. The van der Waals surface area contributed by atoms with Gasteiger partial charge in [-0.3, -0.25) is 10.1 Å². The summed E-state index contributed by atoms with van der Waals surface area (Å²) in [7, 11) is -3.89. The number of benzene rings is 1. The van der Waals surface area contributed by atoms with E-state index in [0.717, 1.165) is 6.92 Å². The molecule has 2 atom stereocenters. The summed E-state index contributed by atoms with van der Waals surface area (Å²) in [6.07, 6.45) is -3.88. The summed E-state index contributed by atoms with van der Waals surface area (Å²) in [5.74, 6) is -2.14. The number of alkyl halides is 3. The van der Waals surface area contributed by atoms with Gasteiger partial charge in [-0.1, -0.05) is 30.3 Å². The fourth-order valence-electron chi connectivity index (χ4n) is 2.45. The molecule has 1 aromatic carbocycles. The third-order valence-electron chi connectivity index (χ3n) is 4.24. The standard InChI is InChI=1S/C17H20F3N3O3S/c1-12(17(18,19)20)22-14(15(24)23-16(11-21)7-8-16)10-27(25,26)9-13-5-3-2-4-6-13/h2-6,12,14,22H,7-10H2,1H3,(H,23,24)/t12-,14?/m1/s1. The fraction of sp³-hybridized carbons (Fsp3) is 0.529. The largest absolute Gasteiger partial charge is 0.403 e. The van der Waals surface area contributed by atoms with Crippen LogP contribution in [0.2, 0.25) is 0 Å². The maximum Gasteiger partial charge on any atom is 0.403 e. The fourth-order valence-corrected chi connectivity index (χ4v) is 4.02. The molecule has 0 radical (unpaired) electrons. The molecule has 0 heterocycles. The van der Waals surface area contributed by atoms with Crippen molar-refractivity contribution in [2.24, 2.45) is 0 Å². The highest BCUT2D eigenvalue weighted by Crippen LogP contribution is 2.34. The molecule has 1 saturated carbocycles. The molecule has 0 aromatic heterocycles. The van der Waals surface area contributed by atoms with E-state index in [2.05, 4.69) is 5.32 Å². The van der Waals surface area contributed by atoms with E-state index in [1.54, 1.807) is 30.3 Å². The molecule has 0 aliphatic heterocycles. The summed E-state index contributed by atoms with van der Waals surface area (Å²) in [6, 6.07) is 6.32. The molecule has 0 bridgehead atoms. The normalized spacial score (nSPS) is 18.2. The first-order valence-corrected chi connectivity index (χ1v) is 10.1. The molecular weight excluding hydrogens is 383 g/mol. The highest BCUT2D eigenvalue weighted by atomic mass is 32.2. The van der Waals surface area contributed by atoms with Crippen molar-refractivity contribution in [3.05, 3.63) is 35.9 Å². The van der Waals surface area contributed by atoms with Gasteiger partial charge in [0.2, 0.25) is 5.91 Å². The SMILES string of the molecule is C[C@@H](NC(CS(=O)(=O)Cc1ccccc1)C(=O)NC1(C#N)CC1)C(F)(F)F. The van der Waals surface area contributed by atoms with E-state index in [0.29, 0.717) is 18.4 Å². The van der Waals surface area contributed by atoms with Crippen molar-refractivity contribution in [2.75, 3.05) is 5.75 Å². The third-order valence-corrected chi connectivity index (χ3v) is 5.85. The van der Waals surface area contributed by atoms with Crippen LogP contribution in [-0.4, -0.2) is 43.9 Å². The van der Waals surface area contributed by atoms with Gasteiger partial charge in [-0.2, -0.15) is 18.4 Å². The number of nitriles is 1. The monoisotopic (exact) mass is 403 g/mol. The van der Waals surface area contributed by atoms with Gasteiger partial charge in [-0.05, 0) is 25.3 Å². The number of amides is 1. The molecule has 2 rings (SSSR count). The molecular formula is C17H20F3N3O3S. The van der Waals surface area contributed by atoms with Crippen LogP contribution in [-0.2, 0) is 20.4 Å². The highest BCUT2D eigenvalue weighted by Gasteiger charge is 2.47. The summed E-state index contributed by atoms with van der Waals surface area (Å²) in [5.41, 5.74) is -0.641. The zero-order chi connectivity index (χ0) is 20.3. The molecule has 1 unspecified atom stereocenters. The topological polar surface area (TPSA) is 99.1 Å². The molecule has 2 N–H and O–H groups in total. The Morgan fingerprint density at radius 2 is 1.89 bits per heavy atom. The molecule has 0 spiro atoms. The van der Waals surface area contributed by atoms with Crippen molar-refractivity contribution in [1.29, 1.82) is 5.26 Å². The van der Waals surface area contributed by atoms with Crippen LogP contribution in [0.15, 0.2) is 30.3 Å². The lowest BCUT2D eigenvalue weighted by molar-refractivity contribution is -0.154. The van der Waals surface area contributed by atoms with E-state index in [4.69, 9.17) is 5.26 Å². The Bertz CT molecular complexity index is 815. The minimum absolute atomic E-state index is 0.382. The quantitative estimate of drug-likeness (QED) is 0.688. The van der Waals surface area contributed by atoms with Crippen LogP contribution in [0, 0.1) is 11.3 Å². The van der Waals surface area contributed by atoms with Crippen molar-refractivity contribution in [3.8, 4) is 6.07 Å². The van der Waals surface area contributed by atoms with Crippen LogP contribution in [0.4, 0.5) is 13.2 Å². The van der Waals surface area contributed by atoms with E-state index < -0.39 is 51.0 Å². The Morgan fingerprint density at radius 3 is 2.37 bits per heavy atom. The number of hydrogen-bond acceptors (Lipinski definition) is 5. The number of nitrogens with one attached hydrogen (secondary N) is 2. The van der Waals surface area contributed by atoms with Gasteiger partial charge in [0.05, 0.1) is 17.6 Å². The predicted molar refractivity (Wildman–Crippen MR) is 92.1 cm³/mol. The third kappa shape index (κ3) is 6.22. The van der Waals surface area contributed by atoms with Crippen molar-refractivity contribution in [1.82, 2.24) is 10.6 Å². The van der Waals surface area contributed by atoms with Crippen LogP contribution in [0.5, 0.6) is 0 Å². The van der Waals surface area contributed by atoms with Gasteiger partial charge >= 0.3 is 6.18 Å². The minimum Gasteiger partial charge on any atom is -0.336 e. The van der Waals surface area contributed by atoms with Gasteiger partial charge in [0.15, 0.2) is 9.84 Å². The van der Waals surface area contributed by atoms with Crippen LogP contribution < -0.4 is 10.6 Å². The van der Waals surface area contributed by atoms with Gasteiger partial charge in [0, 0.05) is 0 Å². The molecule has 1 aliphatic rings. The summed E-state index contributed by atoms with van der Waals surface area (Å²) >= 11 is 0. The summed E-state index contributed by atoms with van der Waals surface area (Å²) in [5, 5.41) is 13.5. The van der Waals surface area contributed by atoms with Crippen LogP contribution in [0.25, 0.3) is 0 Å². The highest BCUT2D eigenvalue weighted by molar-refractivity contribution is 7.90. The average Bonchev–Trinajstić information content (AvgIpc) is 3.33. The summed E-state index contributed by atoms with van der Waals surface area (Å²) < 4.78 is 63.5. The molecule has 10 heteroatoms. The van der Waals surface area contributed by atoms with E-state index in [-0.39, 0.29) is 0 Å². The molecule has 1 aliphatic carbocycles. The molecule has 1 fully saturated rings. The van der Waals surface area contributed by atoms with Gasteiger partial charge in [-0.25, -0.2) is 8.42 Å². The number of halogens is 3. The first kappa shape index (κ1) is 21.2. The Balaban J connectivity index is 2.15. The molecule has 1 aromatic rings. The lowest BCUT2D eigenvalue weighted by atomic mass is 10.2. The van der Waals surface area contributed by atoms with Gasteiger partial charge in [0.25, 0.3) is 0 Å². The first-order valence-electron chi connectivity index (χ1n) is 8.27. The Kier molecular flexibility index (Phi) is 6.17. The Hall–Kier alpha value is -2.12. The van der Waals surface area contributed by atoms with Crippen molar-refractivity contribution < 1.29 is 26.4 Å². The zero-order valence-corrected chi connectivity index (χ0v) is 15.4. The lowest BCUT2D eigenvalue weighted by Crippen LogP contribution is -2.56. The van der Waals surface area contributed by atoms with Crippen LogP contribution in [0.3, 0.4) is 0 Å². The van der Waals surface area contributed by atoms with Crippen molar-refractivity contribution >= 4 is 15.7 Å². The van der Waals surface area contributed by atoms with Gasteiger partial charge in [0.1, 0.15) is 17.6 Å². The van der Waals surface area contributed by atoms with Crippen molar-refractivity contribution in [3.63, 3.8) is 0 Å². The number of sulfone groups is 1. The minimum atomic E-state index is -4.64.